The highest BCUT2D eigenvalue weighted by molar-refractivity contribution is 6.35. The van der Waals surface area contributed by atoms with E-state index in [9.17, 15) is 4.79 Å². The number of anilines is 1. The quantitative estimate of drug-likeness (QED) is 0.845. The topological polar surface area (TPSA) is 61.4 Å². The minimum absolute atomic E-state index is 0.0516. The maximum atomic E-state index is 12.6. The van der Waals surface area contributed by atoms with Crippen LogP contribution in [0.5, 0.6) is 0 Å². The largest absolute Gasteiger partial charge is 0.370 e. The van der Waals surface area contributed by atoms with Crippen LogP contribution in [0.25, 0.3) is 0 Å². The summed E-state index contributed by atoms with van der Waals surface area (Å²) in [6.07, 6.45) is 2.14. The summed E-state index contributed by atoms with van der Waals surface area (Å²) in [4.78, 5) is 25.0. The summed E-state index contributed by atoms with van der Waals surface area (Å²) in [7, 11) is 2.06. The molecule has 0 atom stereocenters. The molecule has 0 aliphatic carbocycles. The summed E-state index contributed by atoms with van der Waals surface area (Å²) in [6.45, 7) is 3.84. The fraction of sp³-hybridized carbons (Fsp3) is 0.389. The number of halogens is 2. The summed E-state index contributed by atoms with van der Waals surface area (Å²) >= 11 is 12.1. The van der Waals surface area contributed by atoms with Crippen molar-refractivity contribution >= 4 is 34.9 Å². The number of amides is 1. The maximum absolute atomic E-state index is 12.6. The normalized spacial score (nSPS) is 15.1. The first-order valence-corrected chi connectivity index (χ1v) is 9.26. The Kier molecular flexibility index (Phi) is 6.29. The summed E-state index contributed by atoms with van der Waals surface area (Å²) in [6, 6.07) is 7.16. The predicted molar refractivity (Wildman–Crippen MR) is 104 cm³/mol. The lowest BCUT2D eigenvalue weighted by atomic mass is 10.1. The molecule has 1 fully saturated rings. The Morgan fingerprint density at radius 3 is 2.65 bits per heavy atom. The summed E-state index contributed by atoms with van der Waals surface area (Å²) in [5.74, 6) is 0.576. The van der Waals surface area contributed by atoms with Crippen molar-refractivity contribution in [3.63, 3.8) is 0 Å². The second kappa shape index (κ2) is 8.66. The van der Waals surface area contributed by atoms with Gasteiger partial charge in [0.2, 0.25) is 0 Å². The Balaban J connectivity index is 1.58. The SMILES string of the molecule is CN1CCN(C(=O)c2cc(NCCc3ccc(Cl)cc3Cl)ncn2)CC1. The van der Waals surface area contributed by atoms with E-state index < -0.39 is 0 Å². The molecule has 1 aliphatic rings. The summed E-state index contributed by atoms with van der Waals surface area (Å²) < 4.78 is 0. The first-order chi connectivity index (χ1) is 12.5. The third-order valence-corrected chi connectivity index (χ3v) is 4.98. The molecule has 0 saturated carbocycles. The molecule has 1 amide bonds. The first kappa shape index (κ1) is 18.9. The predicted octanol–water partition coefficient (Wildman–Crippen LogP) is 2.83. The van der Waals surface area contributed by atoms with Gasteiger partial charge in [0.15, 0.2) is 0 Å². The number of rotatable bonds is 5. The van der Waals surface area contributed by atoms with Crippen LogP contribution in [0.4, 0.5) is 5.82 Å². The van der Waals surface area contributed by atoms with Gasteiger partial charge < -0.3 is 15.1 Å². The Morgan fingerprint density at radius 1 is 1.15 bits per heavy atom. The number of aromatic nitrogens is 2. The highest BCUT2D eigenvalue weighted by atomic mass is 35.5. The minimum Gasteiger partial charge on any atom is -0.370 e. The van der Waals surface area contributed by atoms with Crippen molar-refractivity contribution in [2.24, 2.45) is 0 Å². The monoisotopic (exact) mass is 393 g/mol. The van der Waals surface area contributed by atoms with Crippen molar-refractivity contribution in [2.75, 3.05) is 45.1 Å². The molecule has 0 radical (unpaired) electrons. The zero-order valence-electron chi connectivity index (χ0n) is 14.6. The van der Waals surface area contributed by atoms with Gasteiger partial charge in [0, 0.05) is 48.8 Å². The van der Waals surface area contributed by atoms with Crippen LogP contribution < -0.4 is 5.32 Å². The molecular weight excluding hydrogens is 373 g/mol. The van der Waals surface area contributed by atoms with Crippen molar-refractivity contribution in [1.29, 1.82) is 0 Å². The Morgan fingerprint density at radius 2 is 1.92 bits per heavy atom. The lowest BCUT2D eigenvalue weighted by molar-refractivity contribution is 0.0658. The number of piperazine rings is 1. The van der Waals surface area contributed by atoms with Crippen LogP contribution in [0.2, 0.25) is 10.0 Å². The van der Waals surface area contributed by atoms with Crippen molar-refractivity contribution in [2.45, 2.75) is 6.42 Å². The van der Waals surface area contributed by atoms with Gasteiger partial charge in [-0.2, -0.15) is 0 Å². The highest BCUT2D eigenvalue weighted by Crippen LogP contribution is 2.21. The van der Waals surface area contributed by atoms with Gasteiger partial charge in [-0.3, -0.25) is 4.79 Å². The second-order valence-corrected chi connectivity index (χ2v) is 7.14. The highest BCUT2D eigenvalue weighted by Gasteiger charge is 2.21. The van der Waals surface area contributed by atoms with Crippen LogP contribution in [-0.4, -0.2) is 65.4 Å². The van der Waals surface area contributed by atoms with Crippen molar-refractivity contribution in [3.8, 4) is 0 Å². The molecule has 26 heavy (non-hydrogen) atoms. The van der Waals surface area contributed by atoms with Crippen LogP contribution in [0.15, 0.2) is 30.6 Å². The number of nitrogens with zero attached hydrogens (tertiary/aromatic N) is 4. The molecular formula is C18H21Cl2N5O. The second-order valence-electron chi connectivity index (χ2n) is 6.30. The van der Waals surface area contributed by atoms with E-state index in [4.69, 9.17) is 23.2 Å². The molecule has 8 heteroatoms. The van der Waals surface area contributed by atoms with Crippen molar-refractivity contribution < 1.29 is 4.79 Å². The van der Waals surface area contributed by atoms with Crippen LogP contribution in [0, 0.1) is 0 Å². The smallest absolute Gasteiger partial charge is 0.272 e. The van der Waals surface area contributed by atoms with Crippen LogP contribution >= 0.6 is 23.2 Å². The van der Waals surface area contributed by atoms with Gasteiger partial charge in [-0.25, -0.2) is 9.97 Å². The number of hydrogen-bond acceptors (Lipinski definition) is 5. The fourth-order valence-electron chi connectivity index (χ4n) is 2.79. The van der Waals surface area contributed by atoms with E-state index >= 15 is 0 Å². The fourth-order valence-corrected chi connectivity index (χ4v) is 3.30. The van der Waals surface area contributed by atoms with Crippen LogP contribution in [-0.2, 0) is 6.42 Å². The number of carbonyl (C=O) groups is 1. The number of hydrogen-bond donors (Lipinski definition) is 1. The number of likely N-dealkylation sites (N-methyl/N-ethyl adjacent to an activating group) is 1. The van der Waals surface area contributed by atoms with Crippen LogP contribution in [0.1, 0.15) is 16.1 Å². The lowest BCUT2D eigenvalue weighted by Crippen LogP contribution is -2.47. The van der Waals surface area contributed by atoms with E-state index in [-0.39, 0.29) is 5.91 Å². The summed E-state index contributed by atoms with van der Waals surface area (Å²) in [5.41, 5.74) is 1.42. The molecule has 0 unspecified atom stereocenters. The third-order valence-electron chi connectivity index (χ3n) is 4.39. The lowest BCUT2D eigenvalue weighted by Gasteiger charge is -2.32. The van der Waals surface area contributed by atoms with Gasteiger partial charge in [-0.1, -0.05) is 29.3 Å². The molecule has 6 nitrogen and oxygen atoms in total. The van der Waals surface area contributed by atoms with Gasteiger partial charge in [0.1, 0.15) is 17.8 Å². The third kappa shape index (κ3) is 4.84. The van der Waals surface area contributed by atoms with Crippen molar-refractivity contribution in [3.05, 3.63) is 51.9 Å². The number of nitrogens with one attached hydrogen (secondary N) is 1. The Labute approximate surface area is 163 Å². The Bertz CT molecular complexity index is 778. The van der Waals surface area contributed by atoms with E-state index in [1.807, 2.05) is 17.0 Å². The minimum atomic E-state index is -0.0516. The molecule has 2 heterocycles. The Hall–Kier alpha value is -1.89. The van der Waals surface area contributed by atoms with E-state index in [1.165, 1.54) is 6.33 Å². The van der Waals surface area contributed by atoms with Gasteiger partial charge in [0.05, 0.1) is 0 Å². The number of benzene rings is 1. The van der Waals surface area contributed by atoms with Crippen molar-refractivity contribution in [1.82, 2.24) is 19.8 Å². The molecule has 138 valence electrons. The molecule has 1 saturated heterocycles. The van der Waals surface area contributed by atoms with Gasteiger partial charge in [0.25, 0.3) is 5.91 Å². The first-order valence-electron chi connectivity index (χ1n) is 8.50. The maximum Gasteiger partial charge on any atom is 0.272 e. The van der Waals surface area contributed by atoms with E-state index in [1.54, 1.807) is 12.1 Å². The zero-order chi connectivity index (χ0) is 18.5. The summed E-state index contributed by atoms with van der Waals surface area (Å²) in [5, 5.41) is 4.48. The molecule has 0 spiro atoms. The van der Waals surface area contributed by atoms with Crippen LogP contribution in [0.3, 0.4) is 0 Å². The molecule has 1 aliphatic heterocycles. The number of carbonyl (C=O) groups excluding carboxylic acids is 1. The van der Waals surface area contributed by atoms with Gasteiger partial charge in [-0.05, 0) is 31.2 Å². The average molecular weight is 394 g/mol. The molecule has 1 N–H and O–H groups in total. The van der Waals surface area contributed by atoms with E-state index in [0.717, 1.165) is 38.2 Å². The molecule has 3 rings (SSSR count). The molecule has 1 aromatic carbocycles. The average Bonchev–Trinajstić information content (AvgIpc) is 2.64. The van der Waals surface area contributed by atoms with E-state index in [2.05, 4.69) is 27.2 Å². The van der Waals surface area contributed by atoms with Gasteiger partial charge in [-0.15, -0.1) is 0 Å². The molecule has 1 aromatic heterocycles. The zero-order valence-corrected chi connectivity index (χ0v) is 16.1. The van der Waals surface area contributed by atoms with E-state index in [0.29, 0.717) is 28.1 Å². The molecule has 0 bridgehead atoms. The molecule has 2 aromatic rings. The standard InChI is InChI=1S/C18H21Cl2N5O/c1-24-6-8-25(9-7-24)18(26)16-11-17(23-12-22-16)21-5-4-13-2-3-14(19)10-15(13)20/h2-3,10-12H,4-9H2,1H3,(H,21,22,23). The van der Waals surface area contributed by atoms with Gasteiger partial charge >= 0.3 is 0 Å².